The summed E-state index contributed by atoms with van der Waals surface area (Å²) in [6, 6.07) is 25.1. The topological polar surface area (TPSA) is 128 Å². The highest BCUT2D eigenvalue weighted by Gasteiger charge is 2.17. The number of nitrogens with zero attached hydrogens (tertiary/aromatic N) is 1. The number of benzene rings is 3. The van der Waals surface area contributed by atoms with Crippen molar-refractivity contribution < 1.29 is 23.3 Å². The van der Waals surface area contributed by atoms with Crippen LogP contribution in [0.4, 0.5) is 17.1 Å². The monoisotopic (exact) mass is 493 g/mol. The van der Waals surface area contributed by atoms with Crippen molar-refractivity contribution in [2.45, 2.75) is 0 Å². The van der Waals surface area contributed by atoms with Crippen LogP contribution in [-0.2, 0) is 4.79 Å². The first kappa shape index (κ1) is 23.3. The number of nitrogens with one attached hydrogen (secondary N) is 2. The highest BCUT2D eigenvalue weighted by molar-refractivity contribution is 6.05. The fourth-order valence-electron chi connectivity index (χ4n) is 3.73. The first-order valence-corrected chi connectivity index (χ1v) is 11.2. The molecule has 3 aromatic carbocycles. The van der Waals surface area contributed by atoms with Gasteiger partial charge >= 0.3 is 0 Å². The van der Waals surface area contributed by atoms with Crippen molar-refractivity contribution in [1.29, 1.82) is 0 Å². The minimum atomic E-state index is -0.478. The van der Waals surface area contributed by atoms with Crippen LogP contribution in [0.3, 0.4) is 0 Å². The van der Waals surface area contributed by atoms with Gasteiger partial charge in [-0.25, -0.2) is 0 Å². The molecule has 0 unspecified atom stereocenters. The molecule has 0 spiro atoms. The summed E-state index contributed by atoms with van der Waals surface area (Å²) in [6.45, 7) is 0. The number of fused-ring (bicyclic) bond motifs is 1. The lowest BCUT2D eigenvalue weighted by atomic mass is 10.1. The zero-order valence-corrected chi connectivity index (χ0v) is 19.2. The van der Waals surface area contributed by atoms with Crippen molar-refractivity contribution in [1.82, 2.24) is 0 Å². The van der Waals surface area contributed by atoms with Gasteiger partial charge in [-0.15, -0.1) is 0 Å². The third-order valence-corrected chi connectivity index (χ3v) is 5.43. The maximum atomic E-state index is 12.6. The fraction of sp³-hybridized carbons (Fsp3) is 0. The number of rotatable bonds is 7. The van der Waals surface area contributed by atoms with Gasteiger partial charge in [0.25, 0.3) is 11.6 Å². The molecule has 0 aliphatic carbocycles. The van der Waals surface area contributed by atoms with Gasteiger partial charge in [-0.3, -0.25) is 19.7 Å². The summed E-state index contributed by atoms with van der Waals surface area (Å²) in [7, 11) is 0. The molecule has 0 aliphatic rings. The predicted molar refractivity (Wildman–Crippen MR) is 139 cm³/mol. The number of carbonyl (C=O) groups is 2. The fourth-order valence-corrected chi connectivity index (χ4v) is 3.73. The summed E-state index contributed by atoms with van der Waals surface area (Å²) in [5.74, 6) is 0.0175. The molecule has 5 aromatic rings. The van der Waals surface area contributed by atoms with E-state index in [1.807, 2.05) is 18.2 Å². The van der Waals surface area contributed by atoms with E-state index in [0.29, 0.717) is 34.0 Å². The summed E-state index contributed by atoms with van der Waals surface area (Å²) < 4.78 is 11.2. The Kier molecular flexibility index (Phi) is 6.33. The zero-order valence-electron chi connectivity index (χ0n) is 19.2. The van der Waals surface area contributed by atoms with Crippen molar-refractivity contribution in [3.63, 3.8) is 0 Å². The Bertz CT molecular complexity index is 1630. The smallest absolute Gasteiger partial charge is 0.291 e. The Balaban J connectivity index is 1.23. The second-order valence-corrected chi connectivity index (χ2v) is 7.98. The lowest BCUT2D eigenvalue weighted by Crippen LogP contribution is -2.12. The van der Waals surface area contributed by atoms with Gasteiger partial charge in [0.15, 0.2) is 5.76 Å². The van der Waals surface area contributed by atoms with Gasteiger partial charge < -0.3 is 19.5 Å². The Labute approximate surface area is 210 Å². The number of nitro benzene ring substituents is 1. The van der Waals surface area contributed by atoms with Crippen LogP contribution >= 0.6 is 0 Å². The molecule has 2 amide bonds. The third-order valence-electron chi connectivity index (χ3n) is 5.43. The SMILES string of the molecule is O=C(/C=C/c1ccc(-c2ccccc2[N+](=O)[O-])o1)Nc1cccc(NC(=O)c2cc3ccccc3o2)c1. The van der Waals surface area contributed by atoms with Crippen LogP contribution in [0.5, 0.6) is 0 Å². The number of hydrogen-bond acceptors (Lipinski definition) is 6. The Morgan fingerprint density at radius 1 is 0.811 bits per heavy atom. The molecule has 0 bridgehead atoms. The Morgan fingerprint density at radius 3 is 2.38 bits per heavy atom. The molecular weight excluding hydrogens is 474 g/mol. The standard InChI is InChI=1S/C28H19N3O6/c32-27(15-13-21-12-14-25(36-21)22-9-2-3-10-23(22)31(34)35)29-19-7-5-8-20(17-19)30-28(33)26-16-18-6-1-4-11-24(18)37-26/h1-17H,(H,29,32)(H,30,33)/b15-13+. The normalized spacial score (nSPS) is 11.0. The largest absolute Gasteiger partial charge is 0.456 e. The van der Waals surface area contributed by atoms with E-state index in [2.05, 4.69) is 10.6 Å². The van der Waals surface area contributed by atoms with Gasteiger partial charge in [0, 0.05) is 28.9 Å². The molecule has 0 atom stereocenters. The maximum absolute atomic E-state index is 12.6. The zero-order chi connectivity index (χ0) is 25.8. The van der Waals surface area contributed by atoms with E-state index in [1.165, 1.54) is 18.2 Å². The van der Waals surface area contributed by atoms with E-state index in [-0.39, 0.29) is 11.4 Å². The second kappa shape index (κ2) is 10.0. The quantitative estimate of drug-likeness (QED) is 0.151. The Hall–Kier alpha value is -5.44. The van der Waals surface area contributed by atoms with Crippen LogP contribution in [0.1, 0.15) is 16.3 Å². The molecule has 5 rings (SSSR count). The highest BCUT2D eigenvalue weighted by atomic mass is 16.6. The summed E-state index contributed by atoms with van der Waals surface area (Å²) in [4.78, 5) is 35.8. The van der Waals surface area contributed by atoms with E-state index >= 15 is 0 Å². The molecule has 2 heterocycles. The van der Waals surface area contributed by atoms with E-state index in [9.17, 15) is 19.7 Å². The highest BCUT2D eigenvalue weighted by Crippen LogP contribution is 2.31. The number of para-hydroxylation sites is 2. The number of carbonyl (C=O) groups excluding carboxylic acids is 2. The molecule has 0 fully saturated rings. The summed E-state index contributed by atoms with van der Waals surface area (Å²) in [5.41, 5.74) is 1.84. The second-order valence-electron chi connectivity index (χ2n) is 7.98. The van der Waals surface area contributed by atoms with Gasteiger partial charge in [0.1, 0.15) is 17.1 Å². The molecule has 0 radical (unpaired) electrons. The summed E-state index contributed by atoms with van der Waals surface area (Å²) in [5, 5.41) is 17.6. The predicted octanol–water partition coefficient (Wildman–Crippen LogP) is 6.51. The number of nitro groups is 1. The van der Waals surface area contributed by atoms with E-state index in [0.717, 1.165) is 5.39 Å². The van der Waals surface area contributed by atoms with E-state index in [1.54, 1.807) is 66.7 Å². The molecule has 37 heavy (non-hydrogen) atoms. The number of hydrogen-bond donors (Lipinski definition) is 2. The summed E-state index contributed by atoms with van der Waals surface area (Å²) in [6.07, 6.45) is 2.74. The van der Waals surface area contributed by atoms with Crippen molar-refractivity contribution in [2.75, 3.05) is 10.6 Å². The van der Waals surface area contributed by atoms with E-state index in [4.69, 9.17) is 8.83 Å². The number of amides is 2. The minimum absolute atomic E-state index is 0.0718. The van der Waals surface area contributed by atoms with Crippen LogP contribution in [0.2, 0.25) is 0 Å². The van der Waals surface area contributed by atoms with Crippen molar-refractivity contribution in [3.8, 4) is 11.3 Å². The molecule has 0 aliphatic heterocycles. The molecule has 9 nitrogen and oxygen atoms in total. The lowest BCUT2D eigenvalue weighted by Gasteiger charge is -2.06. The van der Waals surface area contributed by atoms with Crippen LogP contribution in [-0.4, -0.2) is 16.7 Å². The van der Waals surface area contributed by atoms with Crippen LogP contribution < -0.4 is 10.6 Å². The first-order chi connectivity index (χ1) is 18.0. The van der Waals surface area contributed by atoms with Gasteiger partial charge in [-0.05, 0) is 54.6 Å². The van der Waals surface area contributed by atoms with Crippen molar-refractivity contribution >= 4 is 45.9 Å². The molecule has 0 saturated carbocycles. The Morgan fingerprint density at radius 2 is 1.57 bits per heavy atom. The van der Waals surface area contributed by atoms with E-state index < -0.39 is 16.7 Å². The molecule has 9 heteroatoms. The number of anilines is 2. The molecule has 182 valence electrons. The van der Waals surface area contributed by atoms with Gasteiger partial charge in [-0.2, -0.15) is 0 Å². The molecule has 2 N–H and O–H groups in total. The van der Waals surface area contributed by atoms with Crippen molar-refractivity contribution in [3.05, 3.63) is 119 Å². The molecule has 2 aromatic heterocycles. The average Bonchev–Trinajstić information content (AvgIpc) is 3.55. The van der Waals surface area contributed by atoms with Crippen LogP contribution in [0.25, 0.3) is 28.4 Å². The van der Waals surface area contributed by atoms with Gasteiger partial charge in [0.2, 0.25) is 5.91 Å². The molecular formula is C28H19N3O6. The van der Waals surface area contributed by atoms with Crippen LogP contribution in [0.15, 0.2) is 106 Å². The average molecular weight is 493 g/mol. The number of furan rings is 2. The van der Waals surface area contributed by atoms with Gasteiger partial charge in [0.05, 0.1) is 10.5 Å². The van der Waals surface area contributed by atoms with Crippen LogP contribution in [0, 0.1) is 10.1 Å². The van der Waals surface area contributed by atoms with Gasteiger partial charge in [-0.1, -0.05) is 36.4 Å². The minimum Gasteiger partial charge on any atom is -0.456 e. The maximum Gasteiger partial charge on any atom is 0.291 e. The van der Waals surface area contributed by atoms with Crippen molar-refractivity contribution in [2.24, 2.45) is 0 Å². The lowest BCUT2D eigenvalue weighted by molar-refractivity contribution is -0.384. The molecule has 0 saturated heterocycles. The first-order valence-electron chi connectivity index (χ1n) is 11.2. The summed E-state index contributed by atoms with van der Waals surface area (Å²) >= 11 is 0. The third kappa shape index (κ3) is 5.30.